The molecule has 0 fully saturated rings. The minimum atomic E-state index is -4.49. The maximum absolute atomic E-state index is 11.6. The lowest BCUT2D eigenvalue weighted by molar-refractivity contribution is -0.149. The first-order valence-electron chi connectivity index (χ1n) is 10.8. The van der Waals surface area contributed by atoms with Crippen molar-refractivity contribution in [2.45, 2.75) is 110 Å². The summed E-state index contributed by atoms with van der Waals surface area (Å²) in [6, 6.07) is 0. The lowest BCUT2D eigenvalue weighted by atomic mass is 10.1. The van der Waals surface area contributed by atoms with Crippen LogP contribution in [0.4, 0.5) is 0 Å². The number of unbranched alkanes of at least 4 members (excludes halogenated alkanes) is 11. The first-order chi connectivity index (χ1) is 13.3. The van der Waals surface area contributed by atoms with Crippen LogP contribution in [0.25, 0.3) is 0 Å². The second-order valence-electron chi connectivity index (χ2n) is 7.35. The molecule has 0 spiro atoms. The second kappa shape index (κ2) is 18.1. The monoisotopic (exact) mass is 420 g/mol. The number of hydrogen-bond donors (Lipinski definition) is 1. The quantitative estimate of drug-likeness (QED) is 0.123. The van der Waals surface area contributed by atoms with Crippen LogP contribution < -0.4 is 0 Å². The van der Waals surface area contributed by atoms with E-state index in [1.54, 1.807) is 0 Å². The summed E-state index contributed by atoms with van der Waals surface area (Å²) in [5.74, 6) is -0.371. The second-order valence-corrected chi connectivity index (χ2v) is 8.44. The lowest BCUT2D eigenvalue weighted by Crippen LogP contribution is -2.22. The molecular weight excluding hydrogens is 380 g/mol. The highest BCUT2D eigenvalue weighted by Crippen LogP contribution is 2.10. The molecule has 0 heterocycles. The van der Waals surface area contributed by atoms with Crippen LogP contribution in [0.5, 0.6) is 0 Å². The van der Waals surface area contributed by atoms with Crippen LogP contribution in [-0.4, -0.2) is 31.7 Å². The highest BCUT2D eigenvalue weighted by atomic mass is 32.3. The van der Waals surface area contributed by atoms with Crippen molar-refractivity contribution >= 4 is 16.4 Å². The van der Waals surface area contributed by atoms with Gasteiger partial charge in [-0.25, -0.2) is 4.18 Å². The summed E-state index contributed by atoms with van der Waals surface area (Å²) in [6.45, 7) is 3.38. The van der Waals surface area contributed by atoms with E-state index in [1.807, 2.05) is 0 Å². The summed E-state index contributed by atoms with van der Waals surface area (Å²) < 4.78 is 38.5. The largest absolute Gasteiger partial charge is 0.460 e. The van der Waals surface area contributed by atoms with E-state index in [1.165, 1.54) is 58.3 Å². The molecule has 0 aromatic carbocycles. The van der Waals surface area contributed by atoms with Gasteiger partial charge in [-0.15, -0.1) is 0 Å². The molecule has 1 atom stereocenters. The van der Waals surface area contributed by atoms with Crippen molar-refractivity contribution in [3.05, 3.63) is 12.2 Å². The Morgan fingerprint density at radius 2 is 1.39 bits per heavy atom. The average Bonchev–Trinajstić information content (AvgIpc) is 2.62. The van der Waals surface area contributed by atoms with E-state index < -0.39 is 16.5 Å². The predicted octanol–water partition coefficient (Wildman–Crippen LogP) is 5.78. The Bertz CT molecular complexity index is 501. The van der Waals surface area contributed by atoms with E-state index in [0.29, 0.717) is 6.42 Å². The number of esters is 1. The van der Waals surface area contributed by atoms with Gasteiger partial charge in [-0.05, 0) is 39.0 Å². The third-order valence-corrected chi connectivity index (χ3v) is 4.86. The minimum absolute atomic E-state index is 0.314. The van der Waals surface area contributed by atoms with Gasteiger partial charge in [-0.2, -0.15) is 8.42 Å². The number of carbonyl (C=O) groups is 1. The van der Waals surface area contributed by atoms with Gasteiger partial charge < -0.3 is 4.74 Å². The van der Waals surface area contributed by atoms with Gasteiger partial charge in [-0.3, -0.25) is 9.35 Å². The molecule has 0 aliphatic rings. The van der Waals surface area contributed by atoms with E-state index in [0.717, 1.165) is 32.1 Å². The number of rotatable bonds is 19. The van der Waals surface area contributed by atoms with Gasteiger partial charge in [0.25, 0.3) is 0 Å². The normalized spacial score (nSPS) is 13.1. The van der Waals surface area contributed by atoms with E-state index in [-0.39, 0.29) is 12.6 Å². The Hall–Kier alpha value is -0.920. The molecule has 1 N–H and O–H groups in total. The average molecular weight is 421 g/mol. The van der Waals surface area contributed by atoms with Crippen molar-refractivity contribution in [2.75, 3.05) is 6.61 Å². The maximum atomic E-state index is 11.6. The summed E-state index contributed by atoms with van der Waals surface area (Å²) in [5, 5.41) is 0. The van der Waals surface area contributed by atoms with Crippen LogP contribution >= 0.6 is 0 Å². The molecule has 0 aliphatic heterocycles. The molecule has 0 aromatic rings. The SMILES string of the molecule is CCCCCCCC/C=C\CCCCCCCC(=O)OC(C)COS(=O)(=O)O. The van der Waals surface area contributed by atoms with E-state index >= 15 is 0 Å². The van der Waals surface area contributed by atoms with Gasteiger partial charge in [0, 0.05) is 6.42 Å². The molecule has 0 aliphatic carbocycles. The predicted molar refractivity (Wildman–Crippen MR) is 113 cm³/mol. The van der Waals surface area contributed by atoms with Gasteiger partial charge in [0.15, 0.2) is 0 Å². The Kier molecular flexibility index (Phi) is 17.5. The number of hydrogen-bond acceptors (Lipinski definition) is 5. The van der Waals surface area contributed by atoms with Crippen LogP contribution in [0.2, 0.25) is 0 Å². The molecular formula is C21H40O6S. The van der Waals surface area contributed by atoms with E-state index in [2.05, 4.69) is 23.3 Å². The van der Waals surface area contributed by atoms with Gasteiger partial charge >= 0.3 is 16.4 Å². The van der Waals surface area contributed by atoms with Crippen molar-refractivity contribution in [3.8, 4) is 0 Å². The van der Waals surface area contributed by atoms with Gasteiger partial charge in [0.2, 0.25) is 0 Å². The molecule has 0 aromatic heterocycles. The minimum Gasteiger partial charge on any atom is -0.460 e. The zero-order valence-electron chi connectivity index (χ0n) is 17.7. The van der Waals surface area contributed by atoms with E-state index in [4.69, 9.17) is 9.29 Å². The fourth-order valence-corrected chi connectivity index (χ4v) is 3.20. The van der Waals surface area contributed by atoms with Gasteiger partial charge in [-0.1, -0.05) is 70.4 Å². The maximum Gasteiger partial charge on any atom is 0.397 e. The summed E-state index contributed by atoms with van der Waals surface area (Å²) in [4.78, 5) is 11.6. The van der Waals surface area contributed by atoms with Crippen molar-refractivity contribution in [2.24, 2.45) is 0 Å². The lowest BCUT2D eigenvalue weighted by Gasteiger charge is -2.12. The van der Waals surface area contributed by atoms with Crippen LogP contribution in [0.3, 0.4) is 0 Å². The van der Waals surface area contributed by atoms with Gasteiger partial charge in [0.05, 0.1) is 0 Å². The zero-order valence-corrected chi connectivity index (χ0v) is 18.6. The summed E-state index contributed by atoms with van der Waals surface area (Å²) >= 11 is 0. The number of carbonyl (C=O) groups excluding carboxylic acids is 1. The Morgan fingerprint density at radius 3 is 1.93 bits per heavy atom. The van der Waals surface area contributed by atoms with Crippen molar-refractivity contribution in [1.82, 2.24) is 0 Å². The number of allylic oxidation sites excluding steroid dienone is 2. The van der Waals surface area contributed by atoms with Gasteiger partial charge in [0.1, 0.15) is 12.7 Å². The Morgan fingerprint density at radius 1 is 0.893 bits per heavy atom. The summed E-state index contributed by atoms with van der Waals surface area (Å²) in [7, 11) is -4.49. The molecule has 0 radical (unpaired) electrons. The van der Waals surface area contributed by atoms with Crippen molar-refractivity contribution in [3.63, 3.8) is 0 Å². The molecule has 6 nitrogen and oxygen atoms in total. The van der Waals surface area contributed by atoms with Crippen molar-refractivity contribution in [1.29, 1.82) is 0 Å². The van der Waals surface area contributed by atoms with Crippen LogP contribution in [0.15, 0.2) is 12.2 Å². The Balaban J connectivity index is 3.40. The fraction of sp³-hybridized carbons (Fsp3) is 0.857. The fourth-order valence-electron chi connectivity index (χ4n) is 2.84. The molecule has 0 saturated carbocycles. The Labute approximate surface area is 172 Å². The number of ether oxygens (including phenoxy) is 1. The van der Waals surface area contributed by atoms with E-state index in [9.17, 15) is 13.2 Å². The first-order valence-corrected chi connectivity index (χ1v) is 12.2. The highest BCUT2D eigenvalue weighted by Gasteiger charge is 2.13. The molecule has 0 rings (SSSR count). The molecule has 7 heteroatoms. The highest BCUT2D eigenvalue weighted by molar-refractivity contribution is 7.80. The standard InChI is InChI=1S/C21H40O6S/c1-3-4-5-6-7-8-9-10-11-12-13-14-15-16-17-18-21(22)27-20(2)19-26-28(23,24)25/h10-11,20H,3-9,12-19H2,1-2H3,(H,23,24,25)/b11-10-. The zero-order chi connectivity index (χ0) is 21.1. The smallest absolute Gasteiger partial charge is 0.397 e. The third kappa shape index (κ3) is 21.4. The van der Waals surface area contributed by atoms with Crippen LogP contribution in [0, 0.1) is 0 Å². The molecule has 166 valence electrons. The topological polar surface area (TPSA) is 89.9 Å². The van der Waals surface area contributed by atoms with Crippen LogP contribution in [-0.2, 0) is 24.1 Å². The molecule has 0 amide bonds. The first kappa shape index (κ1) is 27.1. The summed E-state index contributed by atoms with van der Waals surface area (Å²) in [6.07, 6.45) is 19.8. The molecule has 1 unspecified atom stereocenters. The summed E-state index contributed by atoms with van der Waals surface area (Å²) in [5.41, 5.74) is 0. The molecule has 0 saturated heterocycles. The molecule has 28 heavy (non-hydrogen) atoms. The van der Waals surface area contributed by atoms with Crippen LogP contribution in [0.1, 0.15) is 104 Å². The molecule has 0 bridgehead atoms. The third-order valence-electron chi connectivity index (χ3n) is 4.43. The van der Waals surface area contributed by atoms with Crippen molar-refractivity contribution < 1.29 is 26.7 Å².